The Morgan fingerprint density at radius 2 is 1.70 bits per heavy atom. The number of nitrogens with zero attached hydrogens (tertiary/aromatic N) is 1. The molecule has 1 atom stereocenters. The first kappa shape index (κ1) is 21.7. The number of carbonyl (C=O) groups is 1. The van der Waals surface area contributed by atoms with Crippen LogP contribution in [0.25, 0.3) is 0 Å². The molecule has 1 unspecified atom stereocenters. The molecule has 1 aromatic carbocycles. The summed E-state index contributed by atoms with van der Waals surface area (Å²) in [5.74, 6) is 0. The van der Waals surface area contributed by atoms with Crippen LogP contribution in [0.5, 0.6) is 0 Å². The summed E-state index contributed by atoms with van der Waals surface area (Å²) in [7, 11) is 0. The van der Waals surface area contributed by atoms with Crippen molar-refractivity contribution >= 4 is 6.03 Å². The number of halogens is 6. The predicted molar refractivity (Wildman–Crippen MR) is 89.7 cm³/mol. The molecule has 3 rings (SSSR count). The van der Waals surface area contributed by atoms with E-state index in [1.807, 2.05) is 0 Å². The van der Waals surface area contributed by atoms with Crippen LogP contribution in [0.2, 0.25) is 0 Å². The largest absolute Gasteiger partial charge is 0.618 e. The third kappa shape index (κ3) is 4.58. The average molecular weight is 435 g/mol. The van der Waals surface area contributed by atoms with E-state index in [9.17, 15) is 36.3 Å². The first-order valence-electron chi connectivity index (χ1n) is 8.51. The number of urea groups is 1. The van der Waals surface area contributed by atoms with Crippen LogP contribution in [0.4, 0.5) is 31.1 Å². The number of rotatable bonds is 5. The summed E-state index contributed by atoms with van der Waals surface area (Å²) in [6, 6.07) is 4.97. The number of aromatic nitrogens is 1. The molecular weight excluding hydrogens is 420 g/mol. The van der Waals surface area contributed by atoms with Gasteiger partial charge >= 0.3 is 18.4 Å². The van der Waals surface area contributed by atoms with E-state index < -0.39 is 41.7 Å². The number of amides is 2. The van der Waals surface area contributed by atoms with E-state index in [-0.39, 0.29) is 30.5 Å². The second-order valence-corrected chi connectivity index (χ2v) is 6.71. The van der Waals surface area contributed by atoms with Gasteiger partial charge in [0, 0.05) is 12.1 Å². The highest BCUT2D eigenvalue weighted by molar-refractivity contribution is 5.77. The van der Waals surface area contributed by atoms with E-state index in [0.29, 0.717) is 16.9 Å². The van der Waals surface area contributed by atoms with Gasteiger partial charge in [-0.3, -0.25) is 0 Å². The minimum absolute atomic E-state index is 0.0242. The van der Waals surface area contributed by atoms with Gasteiger partial charge in [-0.2, -0.15) is 31.1 Å². The second kappa shape index (κ2) is 7.67. The lowest BCUT2D eigenvalue weighted by Gasteiger charge is -2.26. The van der Waals surface area contributed by atoms with Crippen molar-refractivity contribution in [3.63, 3.8) is 0 Å². The van der Waals surface area contributed by atoms with Crippen molar-refractivity contribution < 1.29 is 40.6 Å². The molecule has 162 valence electrons. The van der Waals surface area contributed by atoms with Crippen molar-refractivity contribution in [1.82, 2.24) is 10.6 Å². The highest BCUT2D eigenvalue weighted by atomic mass is 19.4. The summed E-state index contributed by atoms with van der Waals surface area (Å²) < 4.78 is 83.7. The number of nitrogens with one attached hydrogen (secondary N) is 2. The van der Waals surface area contributed by atoms with Crippen LogP contribution in [0.1, 0.15) is 22.4 Å². The molecular formula is C18H15F6N3O3. The Labute approximate surface area is 166 Å². The number of alkyl halides is 6. The van der Waals surface area contributed by atoms with Crippen LogP contribution in [0.3, 0.4) is 0 Å². The molecule has 1 fully saturated rings. The molecule has 6 nitrogen and oxygen atoms in total. The third-order valence-corrected chi connectivity index (χ3v) is 4.48. The summed E-state index contributed by atoms with van der Waals surface area (Å²) in [6.45, 7) is -1.03. The topological polar surface area (TPSA) is 77.3 Å². The van der Waals surface area contributed by atoms with Gasteiger partial charge in [0.25, 0.3) is 0 Å². The zero-order valence-corrected chi connectivity index (χ0v) is 15.1. The quantitative estimate of drug-likeness (QED) is 0.431. The zero-order chi connectivity index (χ0) is 22.2. The zero-order valence-electron chi connectivity index (χ0n) is 15.1. The number of hydrogen-bond donors (Lipinski definition) is 2. The maximum atomic E-state index is 13.0. The smallest absolute Gasteiger partial charge is 0.416 e. The van der Waals surface area contributed by atoms with Crippen LogP contribution in [-0.2, 0) is 29.2 Å². The van der Waals surface area contributed by atoms with E-state index in [1.165, 1.54) is 18.3 Å². The van der Waals surface area contributed by atoms with E-state index in [1.54, 1.807) is 6.07 Å². The van der Waals surface area contributed by atoms with Crippen LogP contribution in [-0.4, -0.2) is 19.2 Å². The van der Waals surface area contributed by atoms with Crippen molar-refractivity contribution in [2.75, 3.05) is 13.2 Å². The summed E-state index contributed by atoms with van der Waals surface area (Å²) >= 11 is 0. The molecule has 0 bridgehead atoms. The van der Waals surface area contributed by atoms with E-state index in [0.717, 1.165) is 0 Å². The van der Waals surface area contributed by atoms with Gasteiger partial charge < -0.3 is 20.6 Å². The van der Waals surface area contributed by atoms with Crippen LogP contribution >= 0.6 is 0 Å². The fourth-order valence-electron chi connectivity index (χ4n) is 3.10. The Morgan fingerprint density at radius 1 is 1.07 bits per heavy atom. The standard InChI is InChI=1S/C18H15F6N3O3/c19-17(20,21)12-5-11(6-13(7-12)18(22,23)24)8-30-10-16(9-25-15(28)26-16)14-3-1-2-4-27(14)29/h1-7H,8-10H2,(H2,25,26,28). The highest BCUT2D eigenvalue weighted by Gasteiger charge is 2.45. The van der Waals surface area contributed by atoms with Gasteiger partial charge in [-0.15, -0.1) is 0 Å². The molecule has 2 heterocycles. The van der Waals surface area contributed by atoms with Crippen LogP contribution in [0, 0.1) is 5.21 Å². The number of ether oxygens (including phenoxy) is 1. The molecule has 0 saturated carbocycles. The van der Waals surface area contributed by atoms with Gasteiger partial charge in [0.05, 0.1) is 30.9 Å². The lowest BCUT2D eigenvalue weighted by atomic mass is 9.96. The molecule has 0 radical (unpaired) electrons. The molecule has 1 aromatic heterocycles. The monoisotopic (exact) mass is 435 g/mol. The van der Waals surface area contributed by atoms with Gasteiger partial charge in [0.1, 0.15) is 0 Å². The molecule has 1 aliphatic rings. The predicted octanol–water partition coefficient (Wildman–Crippen LogP) is 3.08. The fourth-order valence-corrected chi connectivity index (χ4v) is 3.10. The number of pyridine rings is 1. The molecule has 2 N–H and O–H groups in total. The number of carbonyl (C=O) groups excluding carboxylic acids is 1. The second-order valence-electron chi connectivity index (χ2n) is 6.71. The van der Waals surface area contributed by atoms with E-state index in [2.05, 4.69) is 10.6 Å². The van der Waals surface area contributed by atoms with Crippen molar-refractivity contribution in [2.45, 2.75) is 24.5 Å². The van der Waals surface area contributed by atoms with Gasteiger partial charge in [0.15, 0.2) is 11.7 Å². The molecule has 30 heavy (non-hydrogen) atoms. The Kier molecular flexibility index (Phi) is 5.54. The lowest BCUT2D eigenvalue weighted by molar-refractivity contribution is -0.619. The van der Waals surface area contributed by atoms with E-state index >= 15 is 0 Å². The van der Waals surface area contributed by atoms with Gasteiger partial charge in [-0.25, -0.2) is 4.79 Å². The molecule has 1 aliphatic heterocycles. The van der Waals surface area contributed by atoms with Crippen molar-refractivity contribution in [1.29, 1.82) is 0 Å². The summed E-state index contributed by atoms with van der Waals surface area (Å²) in [5, 5.41) is 17.1. The summed E-state index contributed by atoms with van der Waals surface area (Å²) in [5.41, 5.74) is -4.51. The third-order valence-electron chi connectivity index (χ3n) is 4.48. The maximum Gasteiger partial charge on any atom is 0.416 e. The van der Waals surface area contributed by atoms with Crippen molar-refractivity contribution in [2.24, 2.45) is 0 Å². The van der Waals surface area contributed by atoms with E-state index in [4.69, 9.17) is 4.74 Å². The number of benzene rings is 1. The first-order chi connectivity index (χ1) is 13.9. The van der Waals surface area contributed by atoms with Crippen molar-refractivity contribution in [3.8, 4) is 0 Å². The highest BCUT2D eigenvalue weighted by Crippen LogP contribution is 2.36. The Bertz CT molecular complexity index is 915. The Morgan fingerprint density at radius 3 is 2.20 bits per heavy atom. The number of hydrogen-bond acceptors (Lipinski definition) is 3. The van der Waals surface area contributed by atoms with Crippen LogP contribution < -0.4 is 15.4 Å². The molecule has 1 saturated heterocycles. The molecule has 0 aliphatic carbocycles. The fraction of sp³-hybridized carbons (Fsp3) is 0.333. The Balaban J connectivity index is 1.84. The molecule has 0 spiro atoms. The first-order valence-corrected chi connectivity index (χ1v) is 8.51. The van der Waals surface area contributed by atoms with Gasteiger partial charge in [-0.05, 0) is 29.8 Å². The molecule has 2 aromatic rings. The lowest BCUT2D eigenvalue weighted by Crippen LogP contribution is -2.52. The van der Waals surface area contributed by atoms with Gasteiger partial charge in [-0.1, -0.05) is 0 Å². The minimum Gasteiger partial charge on any atom is -0.618 e. The maximum absolute atomic E-state index is 13.0. The molecule has 12 heteroatoms. The van der Waals surface area contributed by atoms with Crippen molar-refractivity contribution in [3.05, 3.63) is 70.2 Å². The normalized spacial score (nSPS) is 19.5. The molecule has 2 amide bonds. The minimum atomic E-state index is -4.97. The SMILES string of the molecule is O=C1NCC(COCc2cc(C(F)(F)F)cc(C(F)(F)F)c2)(c2cccc[n+]2[O-])N1. The summed E-state index contributed by atoms with van der Waals surface area (Å²) in [4.78, 5) is 11.6. The Hall–Kier alpha value is -3.02. The van der Waals surface area contributed by atoms with Crippen LogP contribution in [0.15, 0.2) is 42.6 Å². The average Bonchev–Trinajstić information content (AvgIpc) is 3.02. The summed E-state index contributed by atoms with van der Waals surface area (Å²) in [6.07, 6.45) is -8.76. The van der Waals surface area contributed by atoms with Gasteiger partial charge in [0.2, 0.25) is 5.69 Å².